The molecular weight excluding hydrogens is 290 g/mol. The van der Waals surface area contributed by atoms with Crippen molar-refractivity contribution in [3.63, 3.8) is 0 Å². The van der Waals surface area contributed by atoms with E-state index in [1.54, 1.807) is 18.2 Å². The first-order chi connectivity index (χ1) is 11.2. The number of rotatable bonds is 5. The fourth-order valence-electron chi connectivity index (χ4n) is 2.53. The molecule has 23 heavy (non-hydrogen) atoms. The molecule has 6 nitrogen and oxygen atoms in total. The molecule has 2 N–H and O–H groups in total. The standard InChI is InChI=1S/C17H19N5O/c1-3-22(4-2)14-8-6-13(7-9-14)18-17(23)12-5-10-15-16(11-12)20-21-19-15/h5-11H,3-4H2,1-2H3,(H,18,23)(H,19,20,21). The van der Waals surface area contributed by atoms with E-state index in [2.05, 4.69) is 39.5 Å². The first kappa shape index (κ1) is 15.0. The van der Waals surface area contributed by atoms with Gasteiger partial charge < -0.3 is 10.2 Å². The fraction of sp³-hybridized carbons (Fsp3) is 0.235. The summed E-state index contributed by atoms with van der Waals surface area (Å²) in [6.45, 7) is 6.16. The van der Waals surface area contributed by atoms with Gasteiger partial charge >= 0.3 is 0 Å². The monoisotopic (exact) mass is 309 g/mol. The fourth-order valence-corrected chi connectivity index (χ4v) is 2.53. The lowest BCUT2D eigenvalue weighted by Crippen LogP contribution is -2.21. The third-order valence-corrected chi connectivity index (χ3v) is 3.83. The van der Waals surface area contributed by atoms with Crippen LogP contribution in [-0.2, 0) is 0 Å². The van der Waals surface area contributed by atoms with Crippen molar-refractivity contribution >= 4 is 28.3 Å². The van der Waals surface area contributed by atoms with Crippen LogP contribution in [0.4, 0.5) is 11.4 Å². The second-order valence-corrected chi connectivity index (χ2v) is 5.20. The van der Waals surface area contributed by atoms with E-state index in [9.17, 15) is 4.79 Å². The second kappa shape index (κ2) is 6.48. The van der Waals surface area contributed by atoms with Gasteiger partial charge in [0, 0.05) is 30.0 Å². The number of aromatic amines is 1. The summed E-state index contributed by atoms with van der Waals surface area (Å²) in [5.41, 5.74) is 3.89. The van der Waals surface area contributed by atoms with Gasteiger partial charge in [0.15, 0.2) is 0 Å². The van der Waals surface area contributed by atoms with E-state index in [-0.39, 0.29) is 5.91 Å². The summed E-state index contributed by atoms with van der Waals surface area (Å²) in [6.07, 6.45) is 0. The van der Waals surface area contributed by atoms with Crippen LogP contribution in [0.25, 0.3) is 11.0 Å². The molecule has 0 radical (unpaired) electrons. The minimum absolute atomic E-state index is 0.162. The SMILES string of the molecule is CCN(CC)c1ccc(NC(=O)c2ccc3n[nH]nc3c2)cc1. The van der Waals surface area contributed by atoms with Gasteiger partial charge in [0.05, 0.1) is 0 Å². The molecule has 0 aliphatic heterocycles. The van der Waals surface area contributed by atoms with E-state index < -0.39 is 0 Å². The number of fused-ring (bicyclic) bond motifs is 1. The number of aromatic nitrogens is 3. The lowest BCUT2D eigenvalue weighted by molar-refractivity contribution is 0.102. The van der Waals surface area contributed by atoms with Gasteiger partial charge in [0.2, 0.25) is 0 Å². The molecule has 0 atom stereocenters. The van der Waals surface area contributed by atoms with E-state index in [1.807, 2.05) is 24.3 Å². The first-order valence-electron chi connectivity index (χ1n) is 7.68. The van der Waals surface area contributed by atoms with E-state index >= 15 is 0 Å². The molecular formula is C17H19N5O. The van der Waals surface area contributed by atoms with Crippen molar-refractivity contribution in [3.8, 4) is 0 Å². The van der Waals surface area contributed by atoms with Crippen molar-refractivity contribution in [3.05, 3.63) is 48.0 Å². The average molecular weight is 309 g/mol. The summed E-state index contributed by atoms with van der Waals surface area (Å²) in [4.78, 5) is 14.6. The Morgan fingerprint density at radius 3 is 2.43 bits per heavy atom. The molecule has 3 rings (SSSR count). The molecule has 0 spiro atoms. The second-order valence-electron chi connectivity index (χ2n) is 5.20. The molecule has 0 fully saturated rings. The Kier molecular flexibility index (Phi) is 4.23. The number of hydrogen-bond donors (Lipinski definition) is 2. The number of anilines is 2. The highest BCUT2D eigenvalue weighted by molar-refractivity contribution is 6.05. The number of H-pyrrole nitrogens is 1. The summed E-state index contributed by atoms with van der Waals surface area (Å²) in [7, 11) is 0. The van der Waals surface area contributed by atoms with Crippen molar-refractivity contribution in [2.45, 2.75) is 13.8 Å². The van der Waals surface area contributed by atoms with Crippen LogP contribution in [0.5, 0.6) is 0 Å². The highest BCUT2D eigenvalue weighted by Gasteiger charge is 2.09. The first-order valence-corrected chi connectivity index (χ1v) is 7.68. The molecule has 1 heterocycles. The van der Waals surface area contributed by atoms with Gasteiger partial charge in [-0.1, -0.05) is 0 Å². The molecule has 0 aliphatic carbocycles. The number of hydrogen-bond acceptors (Lipinski definition) is 4. The molecule has 1 amide bonds. The Labute approximate surface area is 134 Å². The number of benzene rings is 2. The van der Waals surface area contributed by atoms with Gasteiger partial charge in [-0.3, -0.25) is 4.79 Å². The molecule has 1 aromatic heterocycles. The van der Waals surface area contributed by atoms with Crippen LogP contribution in [0, 0.1) is 0 Å². The van der Waals surface area contributed by atoms with Gasteiger partial charge in [0.25, 0.3) is 5.91 Å². The predicted octanol–water partition coefficient (Wildman–Crippen LogP) is 3.06. The summed E-state index contributed by atoms with van der Waals surface area (Å²) in [5.74, 6) is -0.162. The van der Waals surface area contributed by atoms with Crippen LogP contribution in [-0.4, -0.2) is 34.4 Å². The minimum atomic E-state index is -0.162. The third kappa shape index (κ3) is 3.15. The van der Waals surface area contributed by atoms with Crippen LogP contribution < -0.4 is 10.2 Å². The lowest BCUT2D eigenvalue weighted by atomic mass is 10.2. The third-order valence-electron chi connectivity index (χ3n) is 3.83. The molecule has 0 unspecified atom stereocenters. The quantitative estimate of drug-likeness (QED) is 0.759. The molecule has 118 valence electrons. The molecule has 0 aliphatic rings. The Bertz CT molecular complexity index is 805. The Morgan fingerprint density at radius 1 is 1.04 bits per heavy atom. The van der Waals surface area contributed by atoms with E-state index in [1.165, 1.54) is 0 Å². The zero-order chi connectivity index (χ0) is 16.2. The lowest BCUT2D eigenvalue weighted by Gasteiger charge is -2.21. The predicted molar refractivity (Wildman–Crippen MR) is 91.8 cm³/mol. The van der Waals surface area contributed by atoms with E-state index in [4.69, 9.17) is 0 Å². The molecule has 3 aromatic rings. The molecule has 0 bridgehead atoms. The molecule has 2 aromatic carbocycles. The van der Waals surface area contributed by atoms with Gasteiger partial charge in [-0.2, -0.15) is 15.4 Å². The van der Waals surface area contributed by atoms with Crippen molar-refractivity contribution in [1.29, 1.82) is 0 Å². The zero-order valence-corrected chi connectivity index (χ0v) is 13.2. The minimum Gasteiger partial charge on any atom is -0.372 e. The highest BCUT2D eigenvalue weighted by atomic mass is 16.1. The topological polar surface area (TPSA) is 73.9 Å². The smallest absolute Gasteiger partial charge is 0.255 e. The molecule has 0 saturated heterocycles. The van der Waals surface area contributed by atoms with Gasteiger partial charge in [-0.05, 0) is 56.3 Å². The average Bonchev–Trinajstić information content (AvgIpc) is 3.05. The van der Waals surface area contributed by atoms with Crippen LogP contribution in [0.15, 0.2) is 42.5 Å². The normalized spacial score (nSPS) is 10.7. The summed E-state index contributed by atoms with van der Waals surface area (Å²) in [6, 6.07) is 13.1. The number of nitrogens with zero attached hydrogens (tertiary/aromatic N) is 3. The van der Waals surface area contributed by atoms with Crippen molar-refractivity contribution in [1.82, 2.24) is 15.4 Å². The van der Waals surface area contributed by atoms with Crippen molar-refractivity contribution in [2.24, 2.45) is 0 Å². The number of carbonyl (C=O) groups excluding carboxylic acids is 1. The van der Waals surface area contributed by atoms with E-state index in [0.717, 1.165) is 30.0 Å². The Morgan fingerprint density at radius 2 is 1.74 bits per heavy atom. The van der Waals surface area contributed by atoms with Gasteiger partial charge in [-0.25, -0.2) is 0 Å². The maximum atomic E-state index is 12.3. The van der Waals surface area contributed by atoms with Crippen LogP contribution >= 0.6 is 0 Å². The van der Waals surface area contributed by atoms with E-state index in [0.29, 0.717) is 11.1 Å². The maximum absolute atomic E-state index is 12.3. The highest BCUT2D eigenvalue weighted by Crippen LogP contribution is 2.19. The maximum Gasteiger partial charge on any atom is 0.255 e. The Hall–Kier alpha value is -2.89. The van der Waals surface area contributed by atoms with Crippen LogP contribution in [0.1, 0.15) is 24.2 Å². The van der Waals surface area contributed by atoms with Crippen LogP contribution in [0.3, 0.4) is 0 Å². The number of carbonyl (C=O) groups is 1. The van der Waals surface area contributed by atoms with Crippen molar-refractivity contribution < 1.29 is 4.79 Å². The zero-order valence-electron chi connectivity index (χ0n) is 13.2. The Balaban J connectivity index is 1.74. The van der Waals surface area contributed by atoms with Crippen molar-refractivity contribution in [2.75, 3.05) is 23.3 Å². The summed E-state index contributed by atoms with van der Waals surface area (Å²) >= 11 is 0. The van der Waals surface area contributed by atoms with Crippen LogP contribution in [0.2, 0.25) is 0 Å². The van der Waals surface area contributed by atoms with Gasteiger partial charge in [-0.15, -0.1) is 0 Å². The summed E-state index contributed by atoms with van der Waals surface area (Å²) < 4.78 is 0. The number of nitrogens with one attached hydrogen (secondary N) is 2. The van der Waals surface area contributed by atoms with Gasteiger partial charge in [0.1, 0.15) is 11.0 Å². The number of amides is 1. The largest absolute Gasteiger partial charge is 0.372 e. The summed E-state index contributed by atoms with van der Waals surface area (Å²) in [5, 5.41) is 13.4. The molecule has 0 saturated carbocycles. The molecule has 6 heteroatoms.